The number of likely N-dealkylation sites (tertiary alicyclic amines) is 1. The summed E-state index contributed by atoms with van der Waals surface area (Å²) in [5.41, 5.74) is 6.26. The fourth-order valence-electron chi connectivity index (χ4n) is 3.33. The fraction of sp³-hybridized carbons (Fsp3) is 1.00. The predicted octanol–water partition coefficient (Wildman–Crippen LogP) is 3.12. The molecule has 1 aliphatic heterocycles. The van der Waals surface area contributed by atoms with E-state index in [1.807, 2.05) is 0 Å². The topological polar surface area (TPSA) is 29.3 Å². The van der Waals surface area contributed by atoms with Gasteiger partial charge in [-0.2, -0.15) is 0 Å². The molecule has 1 heterocycles. The lowest BCUT2D eigenvalue weighted by Crippen LogP contribution is -2.55. The van der Waals surface area contributed by atoms with Gasteiger partial charge in [0, 0.05) is 12.1 Å². The monoisotopic (exact) mass is 240 g/mol. The fourth-order valence-corrected chi connectivity index (χ4v) is 3.33. The van der Waals surface area contributed by atoms with Crippen LogP contribution in [0.3, 0.4) is 0 Å². The Kier molecular flexibility index (Phi) is 5.46. The second-order valence-electron chi connectivity index (χ2n) is 6.87. The Labute approximate surface area is 108 Å². The highest BCUT2D eigenvalue weighted by Crippen LogP contribution is 2.31. The molecule has 0 radical (unpaired) electrons. The molecular formula is C15H32N2. The third-order valence-electron chi connectivity index (χ3n) is 4.53. The van der Waals surface area contributed by atoms with E-state index in [-0.39, 0.29) is 5.54 Å². The summed E-state index contributed by atoms with van der Waals surface area (Å²) >= 11 is 0. The number of rotatable bonds is 5. The van der Waals surface area contributed by atoms with Crippen molar-refractivity contribution in [1.29, 1.82) is 0 Å². The van der Waals surface area contributed by atoms with Crippen LogP contribution in [0.15, 0.2) is 0 Å². The summed E-state index contributed by atoms with van der Waals surface area (Å²) in [5.74, 6) is 2.49. The highest BCUT2D eigenvalue weighted by molar-refractivity contribution is 4.91. The molecule has 1 aliphatic rings. The van der Waals surface area contributed by atoms with Gasteiger partial charge in [-0.3, -0.25) is 4.90 Å². The number of nitrogens with two attached hydrogens (primary N) is 1. The van der Waals surface area contributed by atoms with E-state index in [1.165, 1.54) is 32.4 Å². The van der Waals surface area contributed by atoms with Crippen molar-refractivity contribution in [1.82, 2.24) is 4.90 Å². The lowest BCUT2D eigenvalue weighted by molar-refractivity contribution is 0.0436. The molecule has 17 heavy (non-hydrogen) atoms. The van der Waals surface area contributed by atoms with Crippen molar-refractivity contribution >= 4 is 0 Å². The standard InChI is InChI=1S/C15H32N2/c1-12(2)10-15(5,11-16)17-8-6-14(7-9-17)13(3)4/h12-14H,6-11,16H2,1-5H3. The highest BCUT2D eigenvalue weighted by atomic mass is 15.2. The normalized spacial score (nSPS) is 23.3. The van der Waals surface area contributed by atoms with Crippen LogP contribution in [-0.4, -0.2) is 30.1 Å². The summed E-state index contributed by atoms with van der Waals surface area (Å²) in [7, 11) is 0. The lowest BCUT2D eigenvalue weighted by atomic mass is 9.82. The van der Waals surface area contributed by atoms with Gasteiger partial charge in [0.15, 0.2) is 0 Å². The largest absolute Gasteiger partial charge is 0.329 e. The van der Waals surface area contributed by atoms with Gasteiger partial charge in [-0.15, -0.1) is 0 Å². The zero-order valence-corrected chi connectivity index (χ0v) is 12.5. The van der Waals surface area contributed by atoms with Gasteiger partial charge in [-0.25, -0.2) is 0 Å². The van der Waals surface area contributed by atoms with Crippen LogP contribution in [0.1, 0.15) is 53.9 Å². The zero-order chi connectivity index (χ0) is 13.1. The van der Waals surface area contributed by atoms with Crippen molar-refractivity contribution < 1.29 is 0 Å². The van der Waals surface area contributed by atoms with Gasteiger partial charge in [0.1, 0.15) is 0 Å². The van der Waals surface area contributed by atoms with Crippen LogP contribution in [0.25, 0.3) is 0 Å². The molecule has 1 rings (SSSR count). The molecule has 0 amide bonds. The van der Waals surface area contributed by atoms with E-state index >= 15 is 0 Å². The summed E-state index contributed by atoms with van der Waals surface area (Å²) in [6, 6.07) is 0. The third-order valence-corrected chi connectivity index (χ3v) is 4.53. The molecule has 0 saturated carbocycles. The van der Waals surface area contributed by atoms with Crippen LogP contribution in [0, 0.1) is 17.8 Å². The van der Waals surface area contributed by atoms with Crippen LogP contribution < -0.4 is 5.73 Å². The second kappa shape index (κ2) is 6.19. The average Bonchev–Trinajstić information content (AvgIpc) is 2.28. The van der Waals surface area contributed by atoms with Gasteiger partial charge in [0.2, 0.25) is 0 Å². The van der Waals surface area contributed by atoms with Crippen LogP contribution in [0.2, 0.25) is 0 Å². The van der Waals surface area contributed by atoms with E-state index in [2.05, 4.69) is 39.5 Å². The minimum Gasteiger partial charge on any atom is -0.329 e. The Morgan fingerprint density at radius 1 is 1.18 bits per heavy atom. The molecule has 0 aromatic heterocycles. The van der Waals surface area contributed by atoms with Gasteiger partial charge in [-0.05, 0) is 57.0 Å². The molecule has 0 spiro atoms. The van der Waals surface area contributed by atoms with E-state index < -0.39 is 0 Å². The Morgan fingerprint density at radius 3 is 2.06 bits per heavy atom. The first-order chi connectivity index (χ1) is 7.89. The molecule has 0 aromatic carbocycles. The number of piperidine rings is 1. The van der Waals surface area contributed by atoms with Crippen LogP contribution in [0.4, 0.5) is 0 Å². The van der Waals surface area contributed by atoms with Crippen molar-refractivity contribution in [2.45, 2.75) is 59.4 Å². The van der Waals surface area contributed by atoms with Crippen molar-refractivity contribution in [3.05, 3.63) is 0 Å². The first-order valence-electron chi connectivity index (χ1n) is 7.34. The SMILES string of the molecule is CC(C)CC(C)(CN)N1CCC(C(C)C)CC1. The molecule has 102 valence electrons. The van der Waals surface area contributed by atoms with Crippen molar-refractivity contribution in [2.75, 3.05) is 19.6 Å². The van der Waals surface area contributed by atoms with Gasteiger partial charge >= 0.3 is 0 Å². The summed E-state index contributed by atoms with van der Waals surface area (Å²) in [5, 5.41) is 0. The maximum absolute atomic E-state index is 6.04. The summed E-state index contributed by atoms with van der Waals surface area (Å²) in [4.78, 5) is 2.64. The maximum atomic E-state index is 6.04. The summed E-state index contributed by atoms with van der Waals surface area (Å²) < 4.78 is 0. The van der Waals surface area contributed by atoms with Crippen LogP contribution >= 0.6 is 0 Å². The first kappa shape index (κ1) is 15.0. The molecule has 0 bridgehead atoms. The molecule has 2 N–H and O–H groups in total. The first-order valence-corrected chi connectivity index (χ1v) is 7.34. The van der Waals surface area contributed by atoms with E-state index in [0.717, 1.165) is 24.3 Å². The Balaban J connectivity index is 2.55. The van der Waals surface area contributed by atoms with Crippen molar-refractivity contribution in [2.24, 2.45) is 23.5 Å². The molecule has 1 atom stereocenters. The quantitative estimate of drug-likeness (QED) is 0.800. The average molecular weight is 240 g/mol. The third kappa shape index (κ3) is 3.96. The number of hydrogen-bond acceptors (Lipinski definition) is 2. The van der Waals surface area contributed by atoms with E-state index in [1.54, 1.807) is 0 Å². The molecule has 0 aliphatic carbocycles. The van der Waals surface area contributed by atoms with Crippen LogP contribution in [-0.2, 0) is 0 Å². The Hall–Kier alpha value is -0.0800. The van der Waals surface area contributed by atoms with Gasteiger partial charge < -0.3 is 5.73 Å². The zero-order valence-electron chi connectivity index (χ0n) is 12.5. The Morgan fingerprint density at radius 2 is 1.71 bits per heavy atom. The predicted molar refractivity (Wildman–Crippen MR) is 76.0 cm³/mol. The van der Waals surface area contributed by atoms with E-state index in [0.29, 0.717) is 0 Å². The molecule has 1 fully saturated rings. The lowest BCUT2D eigenvalue weighted by Gasteiger charge is -2.46. The molecule has 2 nitrogen and oxygen atoms in total. The van der Waals surface area contributed by atoms with Gasteiger partial charge in [0.05, 0.1) is 0 Å². The van der Waals surface area contributed by atoms with Crippen LogP contribution in [0.5, 0.6) is 0 Å². The molecule has 1 unspecified atom stereocenters. The highest BCUT2D eigenvalue weighted by Gasteiger charge is 2.34. The Bertz CT molecular complexity index is 217. The van der Waals surface area contributed by atoms with Gasteiger partial charge in [-0.1, -0.05) is 27.7 Å². The number of nitrogens with zero attached hydrogens (tertiary/aromatic N) is 1. The molecular weight excluding hydrogens is 208 g/mol. The second-order valence-corrected chi connectivity index (χ2v) is 6.87. The maximum Gasteiger partial charge on any atom is 0.0306 e. The minimum absolute atomic E-state index is 0.218. The van der Waals surface area contributed by atoms with Crippen molar-refractivity contribution in [3.63, 3.8) is 0 Å². The summed E-state index contributed by atoms with van der Waals surface area (Å²) in [6.07, 6.45) is 3.92. The summed E-state index contributed by atoms with van der Waals surface area (Å²) in [6.45, 7) is 14.9. The number of hydrogen-bond donors (Lipinski definition) is 1. The molecule has 2 heteroatoms. The van der Waals surface area contributed by atoms with Crippen molar-refractivity contribution in [3.8, 4) is 0 Å². The van der Waals surface area contributed by atoms with E-state index in [4.69, 9.17) is 5.73 Å². The smallest absolute Gasteiger partial charge is 0.0306 e. The minimum atomic E-state index is 0.218. The molecule has 0 aromatic rings. The van der Waals surface area contributed by atoms with E-state index in [9.17, 15) is 0 Å². The van der Waals surface area contributed by atoms with Gasteiger partial charge in [0.25, 0.3) is 0 Å². The molecule has 1 saturated heterocycles.